The van der Waals surface area contributed by atoms with Crippen molar-refractivity contribution in [2.24, 2.45) is 0 Å². The third kappa shape index (κ3) is 4.05. The summed E-state index contributed by atoms with van der Waals surface area (Å²) in [4.78, 5) is 2.48. The van der Waals surface area contributed by atoms with E-state index in [1.54, 1.807) is 0 Å². The number of benzene rings is 10. The van der Waals surface area contributed by atoms with Gasteiger partial charge in [-0.15, -0.1) is 0 Å². The summed E-state index contributed by atoms with van der Waals surface area (Å²) in [7, 11) is 0. The number of para-hydroxylation sites is 3. The Morgan fingerprint density at radius 2 is 0.796 bits per heavy atom. The van der Waals surface area contributed by atoms with Gasteiger partial charge in [-0.25, -0.2) is 0 Å². The molecule has 0 saturated heterocycles. The molecule has 1 aromatic heterocycles. The molecule has 0 bridgehead atoms. The number of nitrogens with zero attached hydrogens (tertiary/aromatic N) is 2. The van der Waals surface area contributed by atoms with Crippen molar-refractivity contribution in [3.05, 3.63) is 194 Å². The molecule has 0 aliphatic carbocycles. The van der Waals surface area contributed by atoms with E-state index in [9.17, 15) is 0 Å². The minimum absolute atomic E-state index is 1.12. The standard InChI is InChI=1S/C52H32N2/c1-3-16-37(17-4-1)53(46-25-12-26-47-52(46)43-20-7-8-24-45(43)54(47)38-18-5-2-6-19-38)39-31-36-30-29-35-14-10-22-41-40-21-9-13-33-27-28-34-15-11-23-42(50(34)48(33)40)44(32-39)51(36)49(35)41/h1-32H. The van der Waals surface area contributed by atoms with E-state index in [4.69, 9.17) is 0 Å². The molecule has 0 spiro atoms. The van der Waals surface area contributed by atoms with Crippen LogP contribution in [0, 0.1) is 0 Å². The lowest BCUT2D eigenvalue weighted by Gasteiger charge is -2.27. The maximum atomic E-state index is 2.48. The molecule has 0 N–H and O–H groups in total. The summed E-state index contributed by atoms with van der Waals surface area (Å²) in [5.74, 6) is 0. The van der Waals surface area contributed by atoms with Gasteiger partial charge < -0.3 is 9.47 Å². The lowest BCUT2D eigenvalue weighted by molar-refractivity contribution is 1.18. The van der Waals surface area contributed by atoms with E-state index in [2.05, 4.69) is 204 Å². The number of fused-ring (bicyclic) bond motifs is 5. The molecule has 11 aromatic carbocycles. The normalized spacial score (nSPS) is 12.1. The highest BCUT2D eigenvalue weighted by Crippen LogP contribution is 2.48. The molecule has 2 nitrogen and oxygen atoms in total. The lowest BCUT2D eigenvalue weighted by atomic mass is 9.87. The van der Waals surface area contributed by atoms with E-state index in [1.165, 1.54) is 86.4 Å². The molecular formula is C52H32N2. The molecule has 0 fully saturated rings. The van der Waals surface area contributed by atoms with Crippen molar-refractivity contribution in [3.8, 4) is 5.69 Å². The van der Waals surface area contributed by atoms with Crippen LogP contribution >= 0.6 is 0 Å². The molecule has 0 aliphatic rings. The van der Waals surface area contributed by atoms with Crippen molar-refractivity contribution in [3.63, 3.8) is 0 Å². The van der Waals surface area contributed by atoms with Crippen LogP contribution in [-0.2, 0) is 0 Å². The topological polar surface area (TPSA) is 8.17 Å². The Morgan fingerprint density at radius 3 is 1.46 bits per heavy atom. The van der Waals surface area contributed by atoms with Gasteiger partial charge in [0.1, 0.15) is 0 Å². The Morgan fingerprint density at radius 1 is 0.296 bits per heavy atom. The predicted octanol–water partition coefficient (Wildman–Crippen LogP) is 14.6. The average Bonchev–Trinajstić information content (AvgIpc) is 3.58. The maximum Gasteiger partial charge on any atom is 0.0562 e. The van der Waals surface area contributed by atoms with Crippen molar-refractivity contribution in [1.29, 1.82) is 0 Å². The summed E-state index contributed by atoms with van der Waals surface area (Å²) < 4.78 is 2.40. The summed E-state index contributed by atoms with van der Waals surface area (Å²) in [5.41, 5.74) is 6.92. The van der Waals surface area contributed by atoms with Gasteiger partial charge in [-0.3, -0.25) is 0 Å². The molecule has 0 atom stereocenters. The first-order chi connectivity index (χ1) is 26.8. The molecule has 12 aromatic rings. The Balaban J connectivity index is 1.27. The molecular weight excluding hydrogens is 653 g/mol. The van der Waals surface area contributed by atoms with Gasteiger partial charge in [0, 0.05) is 27.8 Å². The monoisotopic (exact) mass is 684 g/mol. The van der Waals surface area contributed by atoms with Crippen LogP contribution in [-0.4, -0.2) is 4.57 Å². The number of hydrogen-bond donors (Lipinski definition) is 0. The largest absolute Gasteiger partial charge is 0.310 e. The third-order valence-corrected chi connectivity index (χ3v) is 11.6. The second-order valence-corrected chi connectivity index (χ2v) is 14.5. The van der Waals surface area contributed by atoms with Gasteiger partial charge in [0.15, 0.2) is 0 Å². The first-order valence-electron chi connectivity index (χ1n) is 18.7. The van der Waals surface area contributed by atoms with Crippen molar-refractivity contribution >= 4 is 104 Å². The first-order valence-corrected chi connectivity index (χ1v) is 18.7. The summed E-state index contributed by atoms with van der Waals surface area (Å²) in [6.07, 6.45) is 0. The third-order valence-electron chi connectivity index (χ3n) is 11.6. The Hall–Kier alpha value is -7.16. The number of aromatic nitrogens is 1. The molecule has 0 amide bonds. The first kappa shape index (κ1) is 29.4. The van der Waals surface area contributed by atoms with E-state index in [1.807, 2.05) is 0 Å². The van der Waals surface area contributed by atoms with Crippen molar-refractivity contribution in [2.75, 3.05) is 4.90 Å². The van der Waals surface area contributed by atoms with Gasteiger partial charge >= 0.3 is 0 Å². The average molecular weight is 685 g/mol. The molecule has 0 unspecified atom stereocenters. The minimum atomic E-state index is 1.12. The highest BCUT2D eigenvalue weighted by molar-refractivity contribution is 6.37. The second kappa shape index (κ2) is 11.2. The lowest BCUT2D eigenvalue weighted by Crippen LogP contribution is -2.10. The molecule has 1 heterocycles. The molecule has 0 saturated carbocycles. The van der Waals surface area contributed by atoms with Gasteiger partial charge in [0.05, 0.1) is 16.7 Å². The smallest absolute Gasteiger partial charge is 0.0562 e. The Kier molecular flexibility index (Phi) is 6.09. The zero-order valence-corrected chi connectivity index (χ0v) is 29.4. The molecule has 0 aliphatic heterocycles. The second-order valence-electron chi connectivity index (χ2n) is 14.5. The zero-order chi connectivity index (χ0) is 35.3. The molecule has 0 radical (unpaired) electrons. The number of rotatable bonds is 4. The fraction of sp³-hybridized carbons (Fsp3) is 0. The molecule has 2 heteroatoms. The number of anilines is 3. The zero-order valence-electron chi connectivity index (χ0n) is 29.4. The van der Waals surface area contributed by atoms with Gasteiger partial charge in [-0.1, -0.05) is 140 Å². The van der Waals surface area contributed by atoms with E-state index in [0.29, 0.717) is 0 Å². The van der Waals surface area contributed by atoms with Gasteiger partial charge in [-0.05, 0) is 119 Å². The molecule has 54 heavy (non-hydrogen) atoms. The molecule has 12 rings (SSSR count). The van der Waals surface area contributed by atoms with Crippen LogP contribution in [0.2, 0.25) is 0 Å². The summed E-state index contributed by atoms with van der Waals surface area (Å²) >= 11 is 0. The van der Waals surface area contributed by atoms with Gasteiger partial charge in [-0.2, -0.15) is 0 Å². The van der Waals surface area contributed by atoms with Gasteiger partial charge in [0.2, 0.25) is 0 Å². The Labute approximate surface area is 311 Å². The van der Waals surface area contributed by atoms with Gasteiger partial charge in [0.25, 0.3) is 0 Å². The SMILES string of the molecule is c1ccc(N(c2cc3ccc4cccc5c6cccc7ccc8cccc(c(c2)c3c45)c8c76)c2cccc3c2c2ccccc2n3-c2ccccc2)cc1. The van der Waals surface area contributed by atoms with E-state index >= 15 is 0 Å². The predicted molar refractivity (Wildman–Crippen MR) is 232 cm³/mol. The van der Waals surface area contributed by atoms with Crippen LogP contribution in [0.3, 0.4) is 0 Å². The van der Waals surface area contributed by atoms with Crippen molar-refractivity contribution in [2.45, 2.75) is 0 Å². The van der Waals surface area contributed by atoms with Crippen LogP contribution in [0.15, 0.2) is 194 Å². The van der Waals surface area contributed by atoms with E-state index < -0.39 is 0 Å². The van der Waals surface area contributed by atoms with Crippen LogP contribution in [0.1, 0.15) is 0 Å². The van der Waals surface area contributed by atoms with E-state index in [-0.39, 0.29) is 0 Å². The fourth-order valence-corrected chi connectivity index (χ4v) is 9.44. The van der Waals surface area contributed by atoms with Crippen molar-refractivity contribution < 1.29 is 0 Å². The number of hydrogen-bond acceptors (Lipinski definition) is 1. The van der Waals surface area contributed by atoms with Crippen LogP contribution < -0.4 is 4.90 Å². The van der Waals surface area contributed by atoms with Crippen LogP contribution in [0.4, 0.5) is 17.1 Å². The minimum Gasteiger partial charge on any atom is -0.310 e. The molecule has 250 valence electrons. The van der Waals surface area contributed by atoms with Crippen molar-refractivity contribution in [1.82, 2.24) is 4.57 Å². The van der Waals surface area contributed by atoms with Crippen LogP contribution in [0.5, 0.6) is 0 Å². The quantitative estimate of drug-likeness (QED) is 0.168. The maximum absolute atomic E-state index is 2.48. The highest BCUT2D eigenvalue weighted by Gasteiger charge is 2.23. The fourth-order valence-electron chi connectivity index (χ4n) is 9.44. The van der Waals surface area contributed by atoms with E-state index in [0.717, 1.165) is 22.7 Å². The van der Waals surface area contributed by atoms with Crippen LogP contribution in [0.25, 0.3) is 92.1 Å². The summed E-state index contributed by atoms with van der Waals surface area (Å²) in [5, 5.41) is 17.8. The Bertz CT molecular complexity index is 3430. The summed E-state index contributed by atoms with van der Waals surface area (Å²) in [6, 6.07) is 71.7. The summed E-state index contributed by atoms with van der Waals surface area (Å²) in [6.45, 7) is 0. The highest BCUT2D eigenvalue weighted by atomic mass is 15.1.